The van der Waals surface area contributed by atoms with Gasteiger partial charge < -0.3 is 19.6 Å². The molecule has 4 aliphatic rings. The Balaban J connectivity index is 1.64. The number of anilines is 1. The van der Waals surface area contributed by atoms with Crippen molar-refractivity contribution in [2.45, 2.75) is 36.3 Å². The molecule has 4 heterocycles. The Morgan fingerprint density at radius 1 is 1.15 bits per heavy atom. The van der Waals surface area contributed by atoms with Crippen LogP contribution in [-0.2, 0) is 19.1 Å². The molecule has 5 rings (SSSR count). The predicted octanol–water partition coefficient (Wildman–Crippen LogP) is 2.00. The molecule has 4 aliphatic heterocycles. The van der Waals surface area contributed by atoms with E-state index in [1.165, 1.54) is 16.7 Å². The van der Waals surface area contributed by atoms with Gasteiger partial charge in [0.15, 0.2) is 0 Å². The van der Waals surface area contributed by atoms with Crippen LogP contribution in [0.15, 0.2) is 42.5 Å². The lowest BCUT2D eigenvalue weighted by molar-refractivity contribution is -0.153. The minimum Gasteiger partial charge on any atom is -0.465 e. The number of para-hydroxylation sites is 1. The largest absolute Gasteiger partial charge is 0.465 e. The first-order valence-corrected chi connectivity index (χ1v) is 12.3. The van der Waals surface area contributed by atoms with Crippen molar-refractivity contribution in [1.29, 1.82) is 0 Å². The molecule has 0 aliphatic carbocycles. The number of nitrogens with zero attached hydrogens (tertiary/aromatic N) is 2. The fourth-order valence-electron chi connectivity index (χ4n) is 5.89. The van der Waals surface area contributed by atoms with Crippen LogP contribution < -0.4 is 4.90 Å². The molecule has 7 nitrogen and oxygen atoms in total. The van der Waals surface area contributed by atoms with Gasteiger partial charge in [-0.05, 0) is 31.4 Å². The Morgan fingerprint density at radius 2 is 1.91 bits per heavy atom. The Morgan fingerprint density at radius 3 is 2.64 bits per heavy atom. The molecule has 8 heteroatoms. The first-order chi connectivity index (χ1) is 15.9. The van der Waals surface area contributed by atoms with Crippen molar-refractivity contribution in [3.63, 3.8) is 0 Å². The van der Waals surface area contributed by atoms with E-state index in [0.717, 1.165) is 16.8 Å². The molecule has 33 heavy (non-hydrogen) atoms. The van der Waals surface area contributed by atoms with E-state index in [-0.39, 0.29) is 42.8 Å². The summed E-state index contributed by atoms with van der Waals surface area (Å²) in [5, 5.41) is 9.50. The summed E-state index contributed by atoms with van der Waals surface area (Å²) < 4.78 is 4.57. The first kappa shape index (κ1) is 22.2. The number of amides is 2. The standard InChI is InChI=1S/C25H28N2O5S/c1-15-7-5-8-16(2)20(15)26-11-6-10-25-19(22(29)27(12-13-28)21(25)23(26)30)18-17(33-25)9-3-4-14-32-24(18)31/h3,5-10,17-19,21,28H,4,11-14H2,1-2H3/t17-,18+,19-,21?,25-/m0/s1. The molecule has 2 saturated heterocycles. The van der Waals surface area contributed by atoms with Crippen LogP contribution in [0.5, 0.6) is 0 Å². The summed E-state index contributed by atoms with van der Waals surface area (Å²) in [6.45, 7) is 4.41. The molecule has 0 saturated carbocycles. The summed E-state index contributed by atoms with van der Waals surface area (Å²) in [5.41, 5.74) is 2.81. The number of benzene rings is 1. The number of carbonyl (C=O) groups is 3. The molecule has 2 amide bonds. The second kappa shape index (κ2) is 8.33. The Kier molecular flexibility index (Phi) is 5.61. The van der Waals surface area contributed by atoms with Crippen LogP contribution >= 0.6 is 11.8 Å². The second-order valence-electron chi connectivity index (χ2n) is 9.07. The van der Waals surface area contributed by atoms with Crippen molar-refractivity contribution in [1.82, 2.24) is 4.90 Å². The van der Waals surface area contributed by atoms with Crippen LogP contribution in [-0.4, -0.2) is 70.1 Å². The summed E-state index contributed by atoms with van der Waals surface area (Å²) in [4.78, 5) is 44.2. The van der Waals surface area contributed by atoms with Crippen molar-refractivity contribution in [3.8, 4) is 0 Å². The van der Waals surface area contributed by atoms with E-state index in [2.05, 4.69) is 0 Å². The lowest BCUT2D eigenvalue weighted by Gasteiger charge is -2.35. The SMILES string of the molecule is Cc1cccc(C)c1N1CC=C[C@]23S[C@H]4C=CCCOC(=O)[C@H]4[C@H]2C(=O)N(CCO)C3C1=O. The highest BCUT2D eigenvalue weighted by Crippen LogP contribution is 2.60. The zero-order valence-corrected chi connectivity index (χ0v) is 19.6. The second-order valence-corrected chi connectivity index (χ2v) is 10.6. The van der Waals surface area contributed by atoms with Crippen LogP contribution in [0.25, 0.3) is 0 Å². The monoisotopic (exact) mass is 468 g/mol. The number of aliphatic hydroxyl groups is 1. The van der Waals surface area contributed by atoms with Crippen LogP contribution in [0, 0.1) is 25.7 Å². The molecular formula is C25H28N2O5S. The third-order valence-corrected chi connectivity index (χ3v) is 8.91. The van der Waals surface area contributed by atoms with E-state index in [1.807, 2.05) is 56.4 Å². The van der Waals surface area contributed by atoms with E-state index in [0.29, 0.717) is 13.0 Å². The molecule has 0 aromatic heterocycles. The number of cyclic esters (lactones) is 1. The van der Waals surface area contributed by atoms with Crippen LogP contribution in [0.1, 0.15) is 17.5 Å². The number of rotatable bonds is 3. The predicted molar refractivity (Wildman–Crippen MR) is 126 cm³/mol. The van der Waals surface area contributed by atoms with Gasteiger partial charge >= 0.3 is 5.97 Å². The first-order valence-electron chi connectivity index (χ1n) is 11.4. The van der Waals surface area contributed by atoms with Gasteiger partial charge in [0.2, 0.25) is 5.91 Å². The minimum atomic E-state index is -0.891. The van der Waals surface area contributed by atoms with Gasteiger partial charge in [0, 0.05) is 24.0 Å². The molecule has 1 aromatic carbocycles. The number of thioether (sulfide) groups is 1. The van der Waals surface area contributed by atoms with Gasteiger partial charge in [0.05, 0.1) is 29.8 Å². The lowest BCUT2D eigenvalue weighted by Crippen LogP contribution is -2.54. The number of β-amino-alcohol motifs (C(OH)–C–C–N with tert-alkyl or cyclic N) is 1. The number of aliphatic hydroxyl groups excluding tert-OH is 1. The van der Waals surface area contributed by atoms with E-state index in [9.17, 15) is 19.5 Å². The quantitative estimate of drug-likeness (QED) is 0.539. The average Bonchev–Trinajstić information content (AvgIpc) is 3.14. The van der Waals surface area contributed by atoms with Crippen molar-refractivity contribution >= 4 is 35.2 Å². The van der Waals surface area contributed by atoms with Gasteiger partial charge in [-0.15, -0.1) is 11.8 Å². The zero-order chi connectivity index (χ0) is 23.3. The summed E-state index contributed by atoms with van der Waals surface area (Å²) >= 11 is 1.51. The molecule has 174 valence electrons. The molecule has 5 atom stereocenters. The Labute approximate surface area is 197 Å². The maximum absolute atomic E-state index is 14.2. The molecular weight excluding hydrogens is 440 g/mol. The summed E-state index contributed by atoms with van der Waals surface area (Å²) in [6, 6.07) is 5.10. The molecule has 0 radical (unpaired) electrons. The number of ether oxygens (including phenoxy) is 1. The summed E-state index contributed by atoms with van der Waals surface area (Å²) in [6.07, 6.45) is 8.55. The number of fused-ring (bicyclic) bond motifs is 2. The Bertz CT molecular complexity index is 1050. The number of likely N-dealkylation sites (tertiary alicyclic amines) is 1. The number of hydrogen-bond donors (Lipinski definition) is 1. The van der Waals surface area contributed by atoms with Crippen molar-refractivity contribution < 1.29 is 24.2 Å². The van der Waals surface area contributed by atoms with Crippen LogP contribution in [0.2, 0.25) is 0 Å². The topological polar surface area (TPSA) is 87.2 Å². The highest BCUT2D eigenvalue weighted by Gasteiger charge is 2.71. The zero-order valence-electron chi connectivity index (χ0n) is 18.8. The third-order valence-electron chi connectivity index (χ3n) is 7.17. The highest BCUT2D eigenvalue weighted by atomic mass is 32.2. The molecule has 1 spiro atoms. The maximum Gasteiger partial charge on any atom is 0.311 e. The normalized spacial score (nSPS) is 33.2. The molecule has 1 unspecified atom stereocenters. The fourth-order valence-corrected chi connectivity index (χ4v) is 7.89. The van der Waals surface area contributed by atoms with Gasteiger partial charge in [-0.1, -0.05) is 42.5 Å². The summed E-state index contributed by atoms with van der Waals surface area (Å²) in [7, 11) is 0. The molecule has 1 aromatic rings. The van der Waals surface area contributed by atoms with Gasteiger partial charge in [-0.2, -0.15) is 0 Å². The number of carbonyl (C=O) groups excluding carboxylic acids is 3. The van der Waals surface area contributed by atoms with Gasteiger partial charge in [-0.3, -0.25) is 14.4 Å². The molecule has 2 fully saturated rings. The van der Waals surface area contributed by atoms with Crippen molar-refractivity contribution in [2.24, 2.45) is 11.8 Å². The lowest BCUT2D eigenvalue weighted by atomic mass is 9.78. The number of hydrogen-bond acceptors (Lipinski definition) is 6. The number of aryl methyl sites for hydroxylation is 2. The van der Waals surface area contributed by atoms with Crippen LogP contribution in [0.3, 0.4) is 0 Å². The van der Waals surface area contributed by atoms with Gasteiger partial charge in [0.25, 0.3) is 5.91 Å². The van der Waals surface area contributed by atoms with Crippen LogP contribution in [0.4, 0.5) is 5.69 Å². The van der Waals surface area contributed by atoms with Crippen molar-refractivity contribution in [3.05, 3.63) is 53.6 Å². The van der Waals surface area contributed by atoms with E-state index in [4.69, 9.17) is 4.74 Å². The summed E-state index contributed by atoms with van der Waals surface area (Å²) in [5.74, 6) is -2.19. The van der Waals surface area contributed by atoms with Crippen molar-refractivity contribution in [2.75, 3.05) is 31.2 Å². The highest BCUT2D eigenvalue weighted by molar-refractivity contribution is 8.02. The van der Waals surface area contributed by atoms with E-state index in [1.54, 1.807) is 4.90 Å². The van der Waals surface area contributed by atoms with E-state index >= 15 is 0 Å². The maximum atomic E-state index is 14.2. The Hall–Kier alpha value is -2.58. The van der Waals surface area contributed by atoms with Gasteiger partial charge in [-0.25, -0.2) is 0 Å². The fraction of sp³-hybridized carbons (Fsp3) is 0.480. The molecule has 1 N–H and O–H groups in total. The molecule has 0 bridgehead atoms. The van der Waals surface area contributed by atoms with Gasteiger partial charge in [0.1, 0.15) is 6.04 Å². The smallest absolute Gasteiger partial charge is 0.311 e. The van der Waals surface area contributed by atoms with E-state index < -0.39 is 22.6 Å². The third kappa shape index (κ3) is 3.26. The average molecular weight is 469 g/mol. The number of esters is 1. The minimum absolute atomic E-state index is 0.0464.